The minimum Gasteiger partial charge on any atom is -0.465 e. The van der Waals surface area contributed by atoms with Gasteiger partial charge in [0, 0.05) is 42.9 Å². The second-order valence-electron chi connectivity index (χ2n) is 7.76. The van der Waals surface area contributed by atoms with E-state index in [-0.39, 0.29) is 6.23 Å². The van der Waals surface area contributed by atoms with Gasteiger partial charge in [-0.1, -0.05) is 5.16 Å². The maximum absolute atomic E-state index is 10.4. The molecular weight excluding hydrogens is 414 g/mol. The molecule has 1 saturated heterocycles. The van der Waals surface area contributed by atoms with Crippen LogP contribution in [0, 0.1) is 0 Å². The molecule has 1 amide bonds. The number of fused-ring (bicyclic) bond motifs is 1. The number of hydrogen-bond acceptors (Lipinski definition) is 7. The van der Waals surface area contributed by atoms with Gasteiger partial charge in [0.25, 0.3) is 0 Å². The zero-order chi connectivity index (χ0) is 22.2. The molecule has 1 aromatic carbocycles. The molecule has 1 unspecified atom stereocenters. The number of amides is 1. The third-order valence-corrected chi connectivity index (χ3v) is 5.46. The van der Waals surface area contributed by atoms with Crippen LogP contribution in [-0.2, 0) is 9.47 Å². The molecule has 172 valence electrons. The molecule has 3 N–H and O–H groups in total. The molecule has 10 nitrogen and oxygen atoms in total. The van der Waals surface area contributed by atoms with E-state index in [2.05, 4.69) is 33.0 Å². The summed E-state index contributed by atoms with van der Waals surface area (Å²) in [5.41, 5.74) is 3.86. The lowest BCUT2D eigenvalue weighted by Gasteiger charge is -2.23. The van der Waals surface area contributed by atoms with Crippen LogP contribution in [0.2, 0.25) is 0 Å². The summed E-state index contributed by atoms with van der Waals surface area (Å²) in [4.78, 5) is 10.4. The minimum atomic E-state index is -0.992. The number of hydrogen-bond donors (Lipinski definition) is 3. The van der Waals surface area contributed by atoms with Crippen LogP contribution in [-0.4, -0.2) is 59.0 Å². The number of anilines is 1. The van der Waals surface area contributed by atoms with E-state index >= 15 is 0 Å². The van der Waals surface area contributed by atoms with Crippen molar-refractivity contribution in [3.05, 3.63) is 30.8 Å². The fraction of sp³-hybridized carbons (Fsp3) is 0.500. The number of benzene rings is 1. The van der Waals surface area contributed by atoms with E-state index in [1.807, 2.05) is 10.9 Å². The van der Waals surface area contributed by atoms with Gasteiger partial charge < -0.3 is 29.7 Å². The largest absolute Gasteiger partial charge is 0.465 e. The number of ether oxygens (including phenoxy) is 2. The van der Waals surface area contributed by atoms with Crippen molar-refractivity contribution in [3.63, 3.8) is 0 Å². The molecule has 1 fully saturated rings. The van der Waals surface area contributed by atoms with Crippen molar-refractivity contribution in [3.8, 4) is 11.1 Å². The molecule has 1 atom stereocenters. The van der Waals surface area contributed by atoms with Crippen molar-refractivity contribution in [2.45, 2.75) is 38.3 Å². The van der Waals surface area contributed by atoms with Crippen LogP contribution in [0.5, 0.6) is 0 Å². The molecule has 10 heteroatoms. The van der Waals surface area contributed by atoms with Crippen molar-refractivity contribution in [2.75, 3.05) is 38.2 Å². The molecule has 1 aliphatic heterocycles. The zero-order valence-corrected chi connectivity index (χ0v) is 18.0. The predicted octanol–water partition coefficient (Wildman–Crippen LogP) is 3.87. The van der Waals surface area contributed by atoms with Gasteiger partial charge in [0.05, 0.1) is 24.5 Å². The van der Waals surface area contributed by atoms with E-state index in [1.54, 1.807) is 12.5 Å². The number of unbranched alkanes of at least 4 members (excludes halogenated alkanes) is 1. The van der Waals surface area contributed by atoms with Crippen LogP contribution in [0.25, 0.3) is 22.0 Å². The van der Waals surface area contributed by atoms with Crippen molar-refractivity contribution in [1.82, 2.24) is 20.3 Å². The van der Waals surface area contributed by atoms with Gasteiger partial charge in [-0.2, -0.15) is 5.10 Å². The number of rotatable bonds is 11. The van der Waals surface area contributed by atoms with E-state index in [0.29, 0.717) is 26.3 Å². The maximum Gasteiger partial charge on any atom is 0.404 e. The van der Waals surface area contributed by atoms with Gasteiger partial charge in [-0.3, -0.25) is 0 Å². The lowest BCUT2D eigenvalue weighted by molar-refractivity contribution is -0.0366. The summed E-state index contributed by atoms with van der Waals surface area (Å²) in [6.07, 6.45) is 8.90. The van der Waals surface area contributed by atoms with E-state index in [4.69, 9.17) is 19.1 Å². The van der Waals surface area contributed by atoms with Gasteiger partial charge in [0.1, 0.15) is 6.26 Å². The second kappa shape index (κ2) is 11.0. The Morgan fingerprint density at radius 3 is 2.91 bits per heavy atom. The van der Waals surface area contributed by atoms with Crippen LogP contribution in [0.15, 0.2) is 35.3 Å². The Bertz CT molecular complexity index is 998. The van der Waals surface area contributed by atoms with E-state index in [9.17, 15) is 4.79 Å². The van der Waals surface area contributed by atoms with Crippen LogP contribution in [0.3, 0.4) is 0 Å². The highest BCUT2D eigenvalue weighted by Gasteiger charge is 2.20. The molecule has 1 aliphatic rings. The first-order chi connectivity index (χ1) is 15.7. The SMILES string of the molecule is O=C(O)NCCCCOCCNc1cc(-c2cnoc2)cc2c1cnn2C1CCCCO1. The lowest BCUT2D eigenvalue weighted by Crippen LogP contribution is -2.22. The molecular formula is C22H29N5O5. The smallest absolute Gasteiger partial charge is 0.404 e. The highest BCUT2D eigenvalue weighted by atomic mass is 16.5. The van der Waals surface area contributed by atoms with Gasteiger partial charge in [-0.05, 0) is 49.8 Å². The van der Waals surface area contributed by atoms with Gasteiger partial charge >= 0.3 is 6.09 Å². The summed E-state index contributed by atoms with van der Waals surface area (Å²) in [6, 6.07) is 4.17. The van der Waals surface area contributed by atoms with Crippen LogP contribution < -0.4 is 10.6 Å². The summed E-state index contributed by atoms with van der Waals surface area (Å²) in [7, 11) is 0. The highest BCUT2D eigenvalue weighted by molar-refractivity contribution is 5.95. The summed E-state index contributed by atoms with van der Waals surface area (Å²) in [6.45, 7) is 2.98. The first-order valence-corrected chi connectivity index (χ1v) is 11.0. The number of carbonyl (C=O) groups is 1. The standard InChI is InChI=1S/C22H29N5O5/c28-22(29)24-6-2-4-8-30-10-7-23-19-11-16(17-13-26-32-15-17)12-20-18(19)14-25-27(20)21-5-1-3-9-31-21/h11-15,21,23-24H,1-10H2,(H,28,29). The average molecular weight is 444 g/mol. The topological polar surface area (TPSA) is 124 Å². The van der Waals surface area contributed by atoms with Crippen LogP contribution in [0.4, 0.5) is 10.5 Å². The first-order valence-electron chi connectivity index (χ1n) is 11.0. The molecule has 0 bridgehead atoms. The van der Waals surface area contributed by atoms with E-state index in [1.165, 1.54) is 0 Å². The monoisotopic (exact) mass is 443 g/mol. The normalized spacial score (nSPS) is 16.3. The fourth-order valence-electron chi connectivity index (χ4n) is 3.84. The zero-order valence-electron chi connectivity index (χ0n) is 18.0. The fourth-order valence-corrected chi connectivity index (χ4v) is 3.84. The predicted molar refractivity (Wildman–Crippen MR) is 119 cm³/mol. The second-order valence-corrected chi connectivity index (χ2v) is 7.76. The number of nitrogens with zero attached hydrogens (tertiary/aromatic N) is 3. The molecule has 2 aromatic heterocycles. The Kier molecular flexibility index (Phi) is 7.57. The van der Waals surface area contributed by atoms with Crippen molar-refractivity contribution >= 4 is 22.7 Å². The van der Waals surface area contributed by atoms with Crippen LogP contribution in [0.1, 0.15) is 38.3 Å². The van der Waals surface area contributed by atoms with Crippen LogP contribution >= 0.6 is 0 Å². The Morgan fingerprint density at radius 2 is 2.12 bits per heavy atom. The van der Waals surface area contributed by atoms with Gasteiger partial charge in [-0.15, -0.1) is 0 Å². The minimum absolute atomic E-state index is 0.0502. The third-order valence-electron chi connectivity index (χ3n) is 5.46. The number of carboxylic acid groups (broad SMARTS) is 1. The number of aromatic nitrogens is 3. The maximum atomic E-state index is 10.4. The third kappa shape index (κ3) is 5.57. The Morgan fingerprint density at radius 1 is 1.19 bits per heavy atom. The number of nitrogens with one attached hydrogen (secondary N) is 2. The molecule has 4 rings (SSSR count). The molecule has 0 aliphatic carbocycles. The summed E-state index contributed by atoms with van der Waals surface area (Å²) < 4.78 is 18.6. The van der Waals surface area contributed by atoms with Crippen molar-refractivity contribution in [2.24, 2.45) is 0 Å². The highest BCUT2D eigenvalue weighted by Crippen LogP contribution is 2.34. The van der Waals surface area contributed by atoms with Gasteiger partial charge in [0.15, 0.2) is 6.23 Å². The molecule has 0 radical (unpaired) electrons. The molecule has 0 saturated carbocycles. The molecule has 3 aromatic rings. The Labute approximate surface area is 185 Å². The Balaban J connectivity index is 1.40. The average Bonchev–Trinajstić information content (AvgIpc) is 3.48. The summed E-state index contributed by atoms with van der Waals surface area (Å²) in [5, 5.41) is 23.9. The summed E-state index contributed by atoms with van der Waals surface area (Å²) >= 11 is 0. The first kappa shape index (κ1) is 22.1. The molecule has 3 heterocycles. The Hall–Kier alpha value is -3.11. The lowest BCUT2D eigenvalue weighted by atomic mass is 10.1. The molecule has 32 heavy (non-hydrogen) atoms. The summed E-state index contributed by atoms with van der Waals surface area (Å²) in [5.74, 6) is 0. The van der Waals surface area contributed by atoms with E-state index < -0.39 is 6.09 Å². The molecule has 0 spiro atoms. The van der Waals surface area contributed by atoms with E-state index in [0.717, 1.165) is 66.4 Å². The van der Waals surface area contributed by atoms with Gasteiger partial charge in [-0.25, -0.2) is 9.48 Å². The quantitative estimate of drug-likeness (QED) is 0.382. The van der Waals surface area contributed by atoms with Gasteiger partial charge in [0.2, 0.25) is 0 Å². The van der Waals surface area contributed by atoms with Crippen molar-refractivity contribution in [1.29, 1.82) is 0 Å². The van der Waals surface area contributed by atoms with Crippen molar-refractivity contribution < 1.29 is 23.9 Å².